The van der Waals surface area contributed by atoms with Gasteiger partial charge in [-0.15, -0.1) is 5.10 Å². The number of aromatic amines is 1. The van der Waals surface area contributed by atoms with Crippen molar-refractivity contribution >= 4 is 11.8 Å². The molecule has 0 aliphatic rings. The molecule has 2 heterocycles. The van der Waals surface area contributed by atoms with Gasteiger partial charge >= 0.3 is 0 Å². The number of rotatable bonds is 3. The minimum Gasteiger partial charge on any atom is -0.357 e. The fraction of sp³-hybridized carbons (Fsp3) is 0. The van der Waals surface area contributed by atoms with Crippen LogP contribution in [0.15, 0.2) is 48.9 Å². The van der Waals surface area contributed by atoms with Gasteiger partial charge in [0.05, 0.1) is 11.3 Å². The highest BCUT2D eigenvalue weighted by atomic mass is 16.2. The molecule has 0 fully saturated rings. The summed E-state index contributed by atoms with van der Waals surface area (Å²) in [6.45, 7) is 0. The second-order valence-electron chi connectivity index (χ2n) is 4.26. The second-order valence-corrected chi connectivity index (χ2v) is 4.26. The van der Waals surface area contributed by atoms with E-state index in [1.54, 1.807) is 42.6 Å². The molecule has 9 heteroatoms. The molecule has 0 aliphatic carbocycles. The van der Waals surface area contributed by atoms with Crippen molar-refractivity contribution in [1.29, 1.82) is 0 Å². The third kappa shape index (κ3) is 2.68. The van der Waals surface area contributed by atoms with Crippen molar-refractivity contribution in [2.75, 3.05) is 0 Å². The van der Waals surface area contributed by atoms with Gasteiger partial charge in [-0.2, -0.15) is 4.68 Å². The van der Waals surface area contributed by atoms with Gasteiger partial charge in [0, 0.05) is 6.20 Å². The molecule has 2 aromatic heterocycles. The number of para-hydroxylation sites is 1. The Morgan fingerprint density at radius 2 is 1.86 bits per heavy atom. The molecule has 0 bridgehead atoms. The predicted molar refractivity (Wildman–Crippen MR) is 74.9 cm³/mol. The molecule has 2 amide bonds. The molecule has 0 aliphatic heterocycles. The fourth-order valence-electron chi connectivity index (χ4n) is 1.86. The van der Waals surface area contributed by atoms with E-state index in [9.17, 15) is 9.59 Å². The lowest BCUT2D eigenvalue weighted by Crippen LogP contribution is -2.42. The van der Waals surface area contributed by atoms with Crippen LogP contribution in [-0.2, 0) is 0 Å². The summed E-state index contributed by atoms with van der Waals surface area (Å²) in [4.78, 5) is 26.7. The lowest BCUT2D eigenvalue weighted by Gasteiger charge is -2.09. The van der Waals surface area contributed by atoms with Crippen LogP contribution in [0.25, 0.3) is 5.69 Å². The molecule has 110 valence electrons. The number of hydrogen-bond acceptors (Lipinski definition) is 5. The molecule has 0 radical (unpaired) electrons. The van der Waals surface area contributed by atoms with Crippen LogP contribution in [0.2, 0.25) is 0 Å². The first-order valence-electron chi connectivity index (χ1n) is 6.32. The zero-order valence-corrected chi connectivity index (χ0v) is 11.2. The Balaban J connectivity index is 1.74. The number of aromatic nitrogens is 5. The summed E-state index contributed by atoms with van der Waals surface area (Å²) in [6, 6.07) is 10.0. The van der Waals surface area contributed by atoms with Crippen LogP contribution in [0.5, 0.6) is 0 Å². The van der Waals surface area contributed by atoms with Crippen molar-refractivity contribution in [3.8, 4) is 5.69 Å². The van der Waals surface area contributed by atoms with Crippen LogP contribution in [0.3, 0.4) is 0 Å². The fourth-order valence-corrected chi connectivity index (χ4v) is 1.86. The molecular formula is C13H11N7O2. The lowest BCUT2D eigenvalue weighted by molar-refractivity contribution is 0.0844. The van der Waals surface area contributed by atoms with Crippen molar-refractivity contribution in [2.45, 2.75) is 0 Å². The van der Waals surface area contributed by atoms with E-state index in [0.29, 0.717) is 16.9 Å². The summed E-state index contributed by atoms with van der Waals surface area (Å²) >= 11 is 0. The number of nitrogens with one attached hydrogen (secondary N) is 3. The third-order valence-electron chi connectivity index (χ3n) is 2.88. The number of amides is 2. The monoisotopic (exact) mass is 297 g/mol. The first-order valence-corrected chi connectivity index (χ1v) is 6.32. The summed E-state index contributed by atoms with van der Waals surface area (Å²) < 4.78 is 1.36. The summed E-state index contributed by atoms with van der Waals surface area (Å²) in [5, 5.41) is 10.8. The van der Waals surface area contributed by atoms with E-state index < -0.39 is 11.8 Å². The highest BCUT2D eigenvalue weighted by Gasteiger charge is 2.14. The minimum absolute atomic E-state index is 0.321. The van der Waals surface area contributed by atoms with Crippen LogP contribution < -0.4 is 10.9 Å². The Kier molecular flexibility index (Phi) is 3.60. The topological polar surface area (TPSA) is 118 Å². The molecule has 3 aromatic rings. The number of tetrazole rings is 1. The zero-order chi connectivity index (χ0) is 15.4. The molecule has 1 aromatic carbocycles. The average Bonchev–Trinajstić information content (AvgIpc) is 3.24. The van der Waals surface area contributed by atoms with E-state index in [-0.39, 0.29) is 0 Å². The maximum absolute atomic E-state index is 12.2. The third-order valence-corrected chi connectivity index (χ3v) is 2.88. The average molecular weight is 297 g/mol. The molecule has 0 saturated heterocycles. The quantitative estimate of drug-likeness (QED) is 0.591. The van der Waals surface area contributed by atoms with E-state index >= 15 is 0 Å². The van der Waals surface area contributed by atoms with Crippen molar-refractivity contribution < 1.29 is 9.59 Å². The van der Waals surface area contributed by atoms with Crippen molar-refractivity contribution in [3.05, 3.63) is 60.2 Å². The zero-order valence-electron chi connectivity index (χ0n) is 11.2. The highest BCUT2D eigenvalue weighted by molar-refractivity contribution is 6.00. The molecule has 0 atom stereocenters. The van der Waals surface area contributed by atoms with E-state index in [1.165, 1.54) is 11.0 Å². The van der Waals surface area contributed by atoms with E-state index in [0.717, 1.165) is 0 Å². The predicted octanol–water partition coefficient (Wildman–Crippen LogP) is 0.0652. The van der Waals surface area contributed by atoms with Gasteiger partial charge < -0.3 is 4.98 Å². The molecule has 0 saturated carbocycles. The first-order chi connectivity index (χ1) is 10.8. The van der Waals surface area contributed by atoms with Gasteiger partial charge in [-0.1, -0.05) is 12.1 Å². The van der Waals surface area contributed by atoms with Gasteiger partial charge in [-0.05, 0) is 34.7 Å². The van der Waals surface area contributed by atoms with E-state index in [4.69, 9.17) is 0 Å². The Hall–Kier alpha value is -3.49. The minimum atomic E-state index is -0.481. The van der Waals surface area contributed by atoms with Crippen LogP contribution in [0, 0.1) is 0 Å². The summed E-state index contributed by atoms with van der Waals surface area (Å²) in [5.74, 6) is -0.927. The Morgan fingerprint density at radius 1 is 1.05 bits per heavy atom. The smallest absolute Gasteiger partial charge is 0.286 e. The Bertz CT molecular complexity index is 781. The van der Waals surface area contributed by atoms with Gasteiger partial charge in [0.25, 0.3) is 11.8 Å². The maximum Gasteiger partial charge on any atom is 0.286 e. The van der Waals surface area contributed by atoms with Crippen LogP contribution in [0.4, 0.5) is 0 Å². The largest absolute Gasteiger partial charge is 0.357 e. The number of hydrazine groups is 1. The van der Waals surface area contributed by atoms with Crippen molar-refractivity contribution in [2.24, 2.45) is 0 Å². The molecule has 0 unspecified atom stereocenters. The van der Waals surface area contributed by atoms with Crippen LogP contribution >= 0.6 is 0 Å². The number of carbonyl (C=O) groups excluding carboxylic acids is 2. The SMILES string of the molecule is O=C(NNC(=O)c1ccccc1-n1cnnn1)c1ccc[nH]1. The first kappa shape index (κ1) is 13.5. The van der Waals surface area contributed by atoms with Gasteiger partial charge in [0.15, 0.2) is 0 Å². The number of benzene rings is 1. The maximum atomic E-state index is 12.2. The molecule has 3 rings (SSSR count). The van der Waals surface area contributed by atoms with Gasteiger partial charge in [-0.3, -0.25) is 20.4 Å². The van der Waals surface area contributed by atoms with E-state index in [2.05, 4.69) is 31.4 Å². The normalized spacial score (nSPS) is 10.2. The number of hydrogen-bond donors (Lipinski definition) is 3. The van der Waals surface area contributed by atoms with Crippen molar-refractivity contribution in [1.82, 2.24) is 36.0 Å². The molecule has 0 spiro atoms. The molecular weight excluding hydrogens is 286 g/mol. The van der Waals surface area contributed by atoms with Crippen LogP contribution in [-0.4, -0.2) is 37.0 Å². The number of H-pyrrole nitrogens is 1. The lowest BCUT2D eigenvalue weighted by atomic mass is 10.1. The van der Waals surface area contributed by atoms with Crippen LogP contribution in [0.1, 0.15) is 20.8 Å². The summed E-state index contributed by atoms with van der Waals surface area (Å²) in [6.07, 6.45) is 2.99. The van der Waals surface area contributed by atoms with Gasteiger partial charge in [0.2, 0.25) is 0 Å². The molecule has 3 N–H and O–H groups in total. The van der Waals surface area contributed by atoms with Gasteiger partial charge in [0.1, 0.15) is 12.0 Å². The molecule has 9 nitrogen and oxygen atoms in total. The standard InChI is InChI=1S/C13H11N7O2/c21-12(16-17-13(22)10-5-3-7-14-10)9-4-1-2-6-11(9)20-8-15-18-19-20/h1-8,14H,(H,16,21)(H,17,22). The Labute approximate surface area is 124 Å². The second kappa shape index (κ2) is 5.87. The van der Waals surface area contributed by atoms with E-state index in [1.807, 2.05) is 0 Å². The number of nitrogens with zero attached hydrogens (tertiary/aromatic N) is 4. The Morgan fingerprint density at radius 3 is 2.59 bits per heavy atom. The molecule has 22 heavy (non-hydrogen) atoms. The number of carbonyl (C=O) groups is 2. The highest BCUT2D eigenvalue weighted by Crippen LogP contribution is 2.12. The van der Waals surface area contributed by atoms with Crippen molar-refractivity contribution in [3.63, 3.8) is 0 Å². The summed E-state index contributed by atoms with van der Waals surface area (Å²) in [5.41, 5.74) is 5.84. The summed E-state index contributed by atoms with van der Waals surface area (Å²) in [7, 11) is 0. The van der Waals surface area contributed by atoms with Gasteiger partial charge in [-0.25, -0.2) is 0 Å².